The third-order valence-electron chi connectivity index (χ3n) is 2.70. The maximum atomic E-state index is 11.5. The zero-order chi connectivity index (χ0) is 11.7. The van der Waals surface area contributed by atoms with Gasteiger partial charge in [-0.2, -0.15) is 5.10 Å². The lowest BCUT2D eigenvalue weighted by Crippen LogP contribution is -2.12. The predicted octanol–water partition coefficient (Wildman–Crippen LogP) is 2.18. The molecule has 0 unspecified atom stereocenters. The molecule has 1 aliphatic heterocycles. The van der Waals surface area contributed by atoms with E-state index in [4.69, 9.17) is 0 Å². The Morgan fingerprint density at radius 3 is 2.94 bits per heavy atom. The lowest BCUT2D eigenvalue weighted by atomic mass is 10.1. The van der Waals surface area contributed by atoms with E-state index in [0.29, 0.717) is 11.6 Å². The number of nitrogens with zero attached hydrogens (tertiary/aromatic N) is 1. The highest BCUT2D eigenvalue weighted by atomic mass is 32.2. The lowest BCUT2D eigenvalue weighted by Gasteiger charge is -2.13. The lowest BCUT2D eigenvalue weighted by molar-refractivity contribution is -0.113. The van der Waals surface area contributed by atoms with Gasteiger partial charge in [0.15, 0.2) is 0 Å². The Labute approximate surface area is 103 Å². The molecule has 0 bridgehead atoms. The van der Waals surface area contributed by atoms with Gasteiger partial charge >= 0.3 is 0 Å². The molecule has 86 valence electrons. The van der Waals surface area contributed by atoms with Crippen LogP contribution in [0.2, 0.25) is 0 Å². The molecule has 2 heterocycles. The fourth-order valence-electron chi connectivity index (χ4n) is 1.92. The van der Waals surface area contributed by atoms with Gasteiger partial charge in [-0.25, -0.2) is 0 Å². The van der Waals surface area contributed by atoms with Crippen LogP contribution in [-0.2, 0) is 4.79 Å². The summed E-state index contributed by atoms with van der Waals surface area (Å²) in [4.78, 5) is 11.5. The number of hydrogen-bond donors (Lipinski definition) is 2. The number of H-pyrrole nitrogens is 1. The van der Waals surface area contributed by atoms with Gasteiger partial charge in [-0.1, -0.05) is 30.3 Å². The van der Waals surface area contributed by atoms with Gasteiger partial charge in [0.2, 0.25) is 5.91 Å². The van der Waals surface area contributed by atoms with Crippen molar-refractivity contribution in [1.29, 1.82) is 0 Å². The summed E-state index contributed by atoms with van der Waals surface area (Å²) in [5.41, 5.74) is 2.23. The molecular formula is C12H11N3OS. The van der Waals surface area contributed by atoms with E-state index in [-0.39, 0.29) is 11.2 Å². The number of amides is 1. The third-order valence-corrected chi connectivity index (χ3v) is 3.99. The topological polar surface area (TPSA) is 57.8 Å². The second-order valence-corrected chi connectivity index (χ2v) is 4.94. The van der Waals surface area contributed by atoms with E-state index in [0.717, 1.165) is 5.56 Å². The van der Waals surface area contributed by atoms with Crippen molar-refractivity contribution in [2.45, 2.75) is 5.25 Å². The third kappa shape index (κ3) is 1.93. The highest BCUT2D eigenvalue weighted by Gasteiger charge is 2.25. The highest BCUT2D eigenvalue weighted by molar-refractivity contribution is 8.00. The molecule has 3 rings (SSSR count). The molecular weight excluding hydrogens is 234 g/mol. The van der Waals surface area contributed by atoms with Crippen molar-refractivity contribution >= 4 is 23.5 Å². The number of carbonyl (C=O) groups is 1. The van der Waals surface area contributed by atoms with Crippen molar-refractivity contribution in [3.05, 3.63) is 47.7 Å². The van der Waals surface area contributed by atoms with Crippen LogP contribution >= 0.6 is 11.8 Å². The van der Waals surface area contributed by atoms with Crippen molar-refractivity contribution in [1.82, 2.24) is 10.2 Å². The summed E-state index contributed by atoms with van der Waals surface area (Å²) in [5, 5.41) is 9.82. The molecule has 2 N–H and O–H groups in total. The normalized spacial score (nSPS) is 19.3. The van der Waals surface area contributed by atoms with Crippen molar-refractivity contribution in [2.75, 3.05) is 11.1 Å². The first-order valence-corrected chi connectivity index (χ1v) is 6.39. The van der Waals surface area contributed by atoms with Crippen LogP contribution in [0.15, 0.2) is 36.5 Å². The van der Waals surface area contributed by atoms with Crippen molar-refractivity contribution in [3.63, 3.8) is 0 Å². The average molecular weight is 245 g/mol. The summed E-state index contributed by atoms with van der Waals surface area (Å²) in [7, 11) is 0. The first-order valence-electron chi connectivity index (χ1n) is 5.34. The van der Waals surface area contributed by atoms with E-state index in [1.54, 1.807) is 18.0 Å². The Bertz CT molecular complexity index is 538. The van der Waals surface area contributed by atoms with E-state index in [9.17, 15) is 4.79 Å². The Morgan fingerprint density at radius 2 is 2.12 bits per heavy atom. The molecule has 0 radical (unpaired) electrons. The van der Waals surface area contributed by atoms with Crippen molar-refractivity contribution < 1.29 is 4.79 Å². The van der Waals surface area contributed by atoms with Crippen LogP contribution in [0.1, 0.15) is 16.4 Å². The fourth-order valence-corrected chi connectivity index (χ4v) is 3.02. The molecule has 0 fully saturated rings. The number of anilines is 1. The summed E-state index contributed by atoms with van der Waals surface area (Å²) >= 11 is 1.62. The number of aromatic nitrogens is 2. The standard InChI is InChI=1S/C12H11N3OS/c16-10-7-17-11(8-4-2-1-3-5-8)9-6-13-15-12(9)14-10/h1-6,11H,7H2,(H2,13,14,15,16)/t11-/m0/s1. The molecule has 1 atom stereocenters. The number of carbonyl (C=O) groups excluding carboxylic acids is 1. The molecule has 0 aliphatic carbocycles. The zero-order valence-corrected chi connectivity index (χ0v) is 9.83. The number of rotatable bonds is 1. The largest absolute Gasteiger partial charge is 0.310 e. The number of fused-ring (bicyclic) bond motifs is 1. The second kappa shape index (κ2) is 4.25. The number of aromatic amines is 1. The molecule has 2 aromatic rings. The minimum Gasteiger partial charge on any atom is -0.310 e. The van der Waals surface area contributed by atoms with Gasteiger partial charge in [0.25, 0.3) is 0 Å². The summed E-state index contributed by atoms with van der Waals surface area (Å²) in [5.74, 6) is 1.19. The van der Waals surface area contributed by atoms with Gasteiger partial charge in [-0.05, 0) is 5.56 Å². The van der Waals surface area contributed by atoms with Gasteiger partial charge in [-0.15, -0.1) is 11.8 Å². The van der Waals surface area contributed by atoms with E-state index < -0.39 is 0 Å². The first kappa shape index (κ1) is 10.4. The average Bonchev–Trinajstić information content (AvgIpc) is 2.73. The number of benzene rings is 1. The minimum absolute atomic E-state index is 0.0129. The predicted molar refractivity (Wildman–Crippen MR) is 68.0 cm³/mol. The van der Waals surface area contributed by atoms with Gasteiger partial charge in [0.1, 0.15) is 5.82 Å². The monoisotopic (exact) mass is 245 g/mol. The Kier molecular flexibility index (Phi) is 2.60. The summed E-state index contributed by atoms with van der Waals surface area (Å²) in [6.07, 6.45) is 1.78. The van der Waals surface area contributed by atoms with Gasteiger partial charge in [0.05, 0.1) is 17.2 Å². The Hall–Kier alpha value is -1.75. The Morgan fingerprint density at radius 1 is 1.29 bits per heavy atom. The molecule has 1 aliphatic rings. The Balaban J connectivity index is 2.04. The maximum Gasteiger partial charge on any atom is 0.235 e. The van der Waals surface area contributed by atoms with Gasteiger partial charge < -0.3 is 5.32 Å². The fraction of sp³-hybridized carbons (Fsp3) is 0.167. The van der Waals surface area contributed by atoms with Crippen LogP contribution in [-0.4, -0.2) is 21.9 Å². The molecule has 0 saturated carbocycles. The van der Waals surface area contributed by atoms with Crippen molar-refractivity contribution in [3.8, 4) is 0 Å². The summed E-state index contributed by atoms with van der Waals surface area (Å²) < 4.78 is 0. The van der Waals surface area contributed by atoms with Crippen LogP contribution in [0.25, 0.3) is 0 Å². The molecule has 1 amide bonds. The van der Waals surface area contributed by atoms with E-state index in [1.807, 2.05) is 18.2 Å². The van der Waals surface area contributed by atoms with E-state index >= 15 is 0 Å². The molecule has 5 heteroatoms. The van der Waals surface area contributed by atoms with Crippen molar-refractivity contribution in [2.24, 2.45) is 0 Å². The first-order chi connectivity index (χ1) is 8.34. The highest BCUT2D eigenvalue weighted by Crippen LogP contribution is 2.40. The van der Waals surface area contributed by atoms with Gasteiger partial charge in [-0.3, -0.25) is 9.89 Å². The molecule has 0 spiro atoms. The molecule has 4 nitrogen and oxygen atoms in total. The molecule has 1 aromatic carbocycles. The van der Waals surface area contributed by atoms with Crippen LogP contribution < -0.4 is 5.32 Å². The van der Waals surface area contributed by atoms with Crippen LogP contribution in [0.5, 0.6) is 0 Å². The summed E-state index contributed by atoms with van der Waals surface area (Å²) in [6.45, 7) is 0. The van der Waals surface area contributed by atoms with Gasteiger partial charge in [0, 0.05) is 5.56 Å². The van der Waals surface area contributed by atoms with Crippen LogP contribution in [0.3, 0.4) is 0 Å². The summed E-state index contributed by atoms with van der Waals surface area (Å²) in [6, 6.07) is 10.2. The number of nitrogens with one attached hydrogen (secondary N) is 2. The van der Waals surface area contributed by atoms with E-state index in [1.165, 1.54) is 5.56 Å². The maximum absolute atomic E-state index is 11.5. The van der Waals surface area contributed by atoms with E-state index in [2.05, 4.69) is 27.6 Å². The smallest absolute Gasteiger partial charge is 0.235 e. The van der Waals surface area contributed by atoms with Crippen LogP contribution in [0, 0.1) is 0 Å². The zero-order valence-electron chi connectivity index (χ0n) is 9.01. The SMILES string of the molecule is O=C1CS[C@@H](c2ccccc2)c2cn[nH]c2N1. The van der Waals surface area contributed by atoms with Crippen LogP contribution in [0.4, 0.5) is 5.82 Å². The number of hydrogen-bond acceptors (Lipinski definition) is 3. The second-order valence-electron chi connectivity index (χ2n) is 3.85. The quantitative estimate of drug-likeness (QED) is 0.809. The minimum atomic E-state index is 0.0129. The number of thioether (sulfide) groups is 1. The molecule has 0 saturated heterocycles. The molecule has 17 heavy (non-hydrogen) atoms. The molecule has 1 aromatic heterocycles.